The minimum absolute atomic E-state index is 0.0422. The van der Waals surface area contributed by atoms with Crippen LogP contribution < -0.4 is 0 Å². The number of allylic oxidation sites excluding steroid dienone is 2. The maximum atomic E-state index is 13.8. The molecule has 0 radical (unpaired) electrons. The predicted octanol–water partition coefficient (Wildman–Crippen LogP) is 3.42. The smallest absolute Gasteiger partial charge is 0.194 e. The lowest BCUT2D eigenvalue weighted by Gasteiger charge is -2.25. The van der Waals surface area contributed by atoms with Crippen LogP contribution in [0.25, 0.3) is 0 Å². The first-order valence-corrected chi connectivity index (χ1v) is 7.40. The standard InChI is InChI=1S/C17H20F2O3/c1-10-7-16(19)13(8-15(10)18)4-3-12-5-6-14(21)9-17(12)22-11(2)20/h7-9,11-12,20H,3-6H2,1-2H3/t11?,12-/m1/s1. The van der Waals surface area contributed by atoms with E-state index in [0.717, 1.165) is 0 Å². The normalized spacial score (nSPS) is 19.8. The number of aryl methyl sites for hydroxylation is 2. The number of carbonyl (C=O) groups excluding carboxylic acids is 1. The average molecular weight is 310 g/mol. The fourth-order valence-corrected chi connectivity index (χ4v) is 2.63. The fraction of sp³-hybridized carbons (Fsp3) is 0.471. The molecule has 120 valence electrons. The second-order valence-corrected chi connectivity index (χ2v) is 5.70. The Bertz CT molecular complexity index is 594. The molecule has 0 heterocycles. The lowest BCUT2D eigenvalue weighted by molar-refractivity contribution is -0.116. The van der Waals surface area contributed by atoms with Gasteiger partial charge in [0.15, 0.2) is 12.1 Å². The summed E-state index contributed by atoms with van der Waals surface area (Å²) in [5.41, 5.74) is 0.596. The van der Waals surface area contributed by atoms with Gasteiger partial charge in [-0.2, -0.15) is 0 Å². The maximum absolute atomic E-state index is 13.8. The zero-order valence-electron chi connectivity index (χ0n) is 12.7. The van der Waals surface area contributed by atoms with E-state index in [1.807, 2.05) is 0 Å². The highest BCUT2D eigenvalue weighted by Gasteiger charge is 2.24. The molecule has 2 rings (SSSR count). The molecule has 0 aliphatic heterocycles. The Morgan fingerprint density at radius 3 is 2.77 bits per heavy atom. The first-order chi connectivity index (χ1) is 10.4. The molecular formula is C17H20F2O3. The number of rotatable bonds is 5. The molecule has 0 aromatic heterocycles. The van der Waals surface area contributed by atoms with Crippen LogP contribution in [0.5, 0.6) is 0 Å². The number of halogens is 2. The van der Waals surface area contributed by atoms with Gasteiger partial charge in [0.05, 0.1) is 0 Å². The highest BCUT2D eigenvalue weighted by Crippen LogP contribution is 2.29. The molecule has 0 bridgehead atoms. The summed E-state index contributed by atoms with van der Waals surface area (Å²) in [4.78, 5) is 11.5. The lowest BCUT2D eigenvalue weighted by Crippen LogP contribution is -2.20. The summed E-state index contributed by atoms with van der Waals surface area (Å²) >= 11 is 0. The van der Waals surface area contributed by atoms with Crippen LogP contribution in [0.2, 0.25) is 0 Å². The van der Waals surface area contributed by atoms with Crippen molar-refractivity contribution in [2.75, 3.05) is 0 Å². The lowest BCUT2D eigenvalue weighted by atomic mass is 9.88. The molecule has 0 saturated heterocycles. The van der Waals surface area contributed by atoms with Crippen molar-refractivity contribution < 1.29 is 23.4 Å². The van der Waals surface area contributed by atoms with E-state index in [1.54, 1.807) is 0 Å². The number of ketones is 1. The molecule has 3 nitrogen and oxygen atoms in total. The summed E-state index contributed by atoms with van der Waals surface area (Å²) in [5.74, 6) is -0.534. The summed E-state index contributed by atoms with van der Waals surface area (Å²) < 4.78 is 32.7. The second-order valence-electron chi connectivity index (χ2n) is 5.70. The highest BCUT2D eigenvalue weighted by molar-refractivity contribution is 5.90. The van der Waals surface area contributed by atoms with Gasteiger partial charge in [0, 0.05) is 18.4 Å². The Balaban J connectivity index is 2.08. The van der Waals surface area contributed by atoms with Crippen molar-refractivity contribution in [2.45, 2.75) is 45.8 Å². The first-order valence-electron chi connectivity index (χ1n) is 7.40. The van der Waals surface area contributed by atoms with Crippen LogP contribution in [0, 0.1) is 24.5 Å². The summed E-state index contributed by atoms with van der Waals surface area (Å²) in [7, 11) is 0. The molecule has 1 N–H and O–H groups in total. The Hall–Kier alpha value is -1.75. The van der Waals surface area contributed by atoms with Gasteiger partial charge in [-0.3, -0.25) is 4.79 Å². The molecule has 0 amide bonds. The molecule has 0 saturated carbocycles. The number of aliphatic hydroxyl groups excluding tert-OH is 1. The van der Waals surface area contributed by atoms with Gasteiger partial charge in [0.1, 0.15) is 17.4 Å². The minimum atomic E-state index is -1.01. The Kier molecular flexibility index (Phi) is 5.29. The Labute approximate surface area is 128 Å². The van der Waals surface area contributed by atoms with Gasteiger partial charge in [-0.05, 0) is 56.4 Å². The van der Waals surface area contributed by atoms with Crippen LogP contribution in [-0.4, -0.2) is 17.2 Å². The van der Waals surface area contributed by atoms with E-state index in [2.05, 4.69) is 0 Å². The number of hydrogen-bond acceptors (Lipinski definition) is 3. The van der Waals surface area contributed by atoms with Crippen molar-refractivity contribution in [3.05, 3.63) is 46.7 Å². The van der Waals surface area contributed by atoms with E-state index < -0.39 is 17.9 Å². The topological polar surface area (TPSA) is 46.5 Å². The molecule has 1 aromatic carbocycles. The van der Waals surface area contributed by atoms with Crippen molar-refractivity contribution in [1.82, 2.24) is 0 Å². The SMILES string of the molecule is Cc1cc(F)c(CC[C@@H]2CCC(=O)C=C2OC(C)O)cc1F. The highest BCUT2D eigenvalue weighted by atomic mass is 19.1. The van der Waals surface area contributed by atoms with E-state index in [-0.39, 0.29) is 17.3 Å². The molecule has 1 unspecified atom stereocenters. The second kappa shape index (κ2) is 7.01. The van der Waals surface area contributed by atoms with Crippen molar-refractivity contribution in [3.63, 3.8) is 0 Å². The molecule has 1 aliphatic rings. The molecule has 5 heteroatoms. The monoisotopic (exact) mass is 310 g/mol. The van der Waals surface area contributed by atoms with Gasteiger partial charge in [-0.15, -0.1) is 0 Å². The zero-order chi connectivity index (χ0) is 16.3. The van der Waals surface area contributed by atoms with Crippen molar-refractivity contribution in [1.29, 1.82) is 0 Å². The van der Waals surface area contributed by atoms with E-state index in [4.69, 9.17) is 4.74 Å². The molecular weight excluding hydrogens is 290 g/mol. The van der Waals surface area contributed by atoms with Gasteiger partial charge in [-0.25, -0.2) is 8.78 Å². The molecule has 2 atom stereocenters. The molecule has 1 aliphatic carbocycles. The van der Waals surface area contributed by atoms with E-state index in [1.165, 1.54) is 32.1 Å². The molecule has 0 fully saturated rings. The number of benzene rings is 1. The van der Waals surface area contributed by atoms with E-state index >= 15 is 0 Å². The summed E-state index contributed by atoms with van der Waals surface area (Å²) in [6.07, 6.45) is 2.27. The van der Waals surface area contributed by atoms with Gasteiger partial charge in [-0.1, -0.05) is 0 Å². The maximum Gasteiger partial charge on any atom is 0.194 e. The fourth-order valence-electron chi connectivity index (χ4n) is 2.63. The van der Waals surface area contributed by atoms with Gasteiger partial charge >= 0.3 is 0 Å². The first kappa shape index (κ1) is 16.6. The van der Waals surface area contributed by atoms with Crippen molar-refractivity contribution in [2.24, 2.45) is 5.92 Å². The number of ether oxygens (including phenoxy) is 1. The van der Waals surface area contributed by atoms with Crippen LogP contribution in [0.15, 0.2) is 24.0 Å². The van der Waals surface area contributed by atoms with Gasteiger partial charge in [0.2, 0.25) is 0 Å². The average Bonchev–Trinajstić information content (AvgIpc) is 2.42. The van der Waals surface area contributed by atoms with Crippen molar-refractivity contribution in [3.8, 4) is 0 Å². The van der Waals surface area contributed by atoms with E-state index in [0.29, 0.717) is 37.0 Å². The zero-order valence-corrected chi connectivity index (χ0v) is 12.7. The summed E-state index contributed by atoms with van der Waals surface area (Å²) in [5, 5.41) is 9.32. The summed E-state index contributed by atoms with van der Waals surface area (Å²) in [6, 6.07) is 2.41. The van der Waals surface area contributed by atoms with Crippen LogP contribution in [0.1, 0.15) is 37.3 Å². The number of carbonyl (C=O) groups is 1. The quantitative estimate of drug-likeness (QED) is 0.848. The van der Waals surface area contributed by atoms with Crippen LogP contribution in [-0.2, 0) is 16.0 Å². The van der Waals surface area contributed by atoms with Crippen LogP contribution in [0.3, 0.4) is 0 Å². The number of aliphatic hydroxyl groups is 1. The van der Waals surface area contributed by atoms with Crippen molar-refractivity contribution >= 4 is 5.78 Å². The van der Waals surface area contributed by atoms with E-state index in [9.17, 15) is 18.7 Å². The van der Waals surface area contributed by atoms with Gasteiger partial charge in [0.25, 0.3) is 0 Å². The third kappa shape index (κ3) is 4.13. The van der Waals surface area contributed by atoms with Crippen LogP contribution >= 0.6 is 0 Å². The third-order valence-corrected chi connectivity index (χ3v) is 3.84. The van der Waals surface area contributed by atoms with Crippen LogP contribution in [0.4, 0.5) is 8.78 Å². The number of hydrogen-bond donors (Lipinski definition) is 1. The Morgan fingerprint density at radius 1 is 1.36 bits per heavy atom. The third-order valence-electron chi connectivity index (χ3n) is 3.84. The molecule has 22 heavy (non-hydrogen) atoms. The predicted molar refractivity (Wildman–Crippen MR) is 78.0 cm³/mol. The minimum Gasteiger partial charge on any atom is -0.469 e. The largest absolute Gasteiger partial charge is 0.469 e. The molecule has 1 aromatic rings. The van der Waals surface area contributed by atoms with Gasteiger partial charge < -0.3 is 9.84 Å². The Morgan fingerprint density at radius 2 is 2.09 bits per heavy atom. The summed E-state index contributed by atoms with van der Waals surface area (Å²) in [6.45, 7) is 2.98. The molecule has 0 spiro atoms.